The van der Waals surface area contributed by atoms with Crippen molar-refractivity contribution in [3.63, 3.8) is 0 Å². The molecule has 7 N–H and O–H groups in total. The van der Waals surface area contributed by atoms with Gasteiger partial charge in [0.15, 0.2) is 0 Å². The number of carboxylic acid groups (broad SMARTS) is 3. The van der Waals surface area contributed by atoms with Gasteiger partial charge >= 0.3 is 46.1 Å². The van der Waals surface area contributed by atoms with Gasteiger partial charge < -0.3 is 62.5 Å². The number of aromatic amines is 1. The molecule has 0 saturated carbocycles. The molecule has 0 saturated heterocycles. The molecule has 0 radical (unpaired) electrons. The number of H-pyrrole nitrogens is 1. The Morgan fingerprint density at radius 1 is 0.778 bits per heavy atom. The zero-order valence-corrected chi connectivity index (χ0v) is 43.8. The number of nitrogens with zero attached hydrogens (tertiary/aromatic N) is 7. The van der Waals surface area contributed by atoms with Gasteiger partial charge in [-0.3, -0.25) is 24.0 Å². The van der Waals surface area contributed by atoms with Crippen molar-refractivity contribution in [2.24, 2.45) is 27.4 Å². The van der Waals surface area contributed by atoms with Crippen molar-refractivity contribution >= 4 is 52.1 Å². The molecule has 0 spiro atoms. The van der Waals surface area contributed by atoms with E-state index in [9.17, 15) is 52.2 Å². The fourth-order valence-electron chi connectivity index (χ4n) is 5.35. The van der Waals surface area contributed by atoms with E-state index in [2.05, 4.69) is 35.5 Å². The van der Waals surface area contributed by atoms with Crippen LogP contribution in [0.1, 0.15) is 127 Å². The van der Waals surface area contributed by atoms with Gasteiger partial charge in [0.2, 0.25) is 0 Å². The molecule has 0 unspecified atom stereocenters. The lowest BCUT2D eigenvalue weighted by atomic mass is 9.99. The number of benzene rings is 1. The summed E-state index contributed by atoms with van der Waals surface area (Å²) in [6, 6.07) is 9.28. The normalized spacial score (nSPS) is 12.0. The lowest BCUT2D eigenvalue weighted by Gasteiger charge is -2.22. The molecular formula is C44H73ClN10O16S. The molecule has 0 aliphatic heterocycles. The highest BCUT2D eigenvalue weighted by Crippen LogP contribution is 2.18. The van der Waals surface area contributed by atoms with Crippen molar-refractivity contribution in [1.82, 2.24) is 10.3 Å². The van der Waals surface area contributed by atoms with Crippen molar-refractivity contribution in [2.75, 3.05) is 19.6 Å². The minimum atomic E-state index is -3.87. The molecule has 2 aromatic rings. The summed E-state index contributed by atoms with van der Waals surface area (Å²) in [4.78, 5) is 86.5. The lowest BCUT2D eigenvalue weighted by molar-refractivity contribution is -0.509. The topological polar surface area (TPSA) is 411 Å². The van der Waals surface area contributed by atoms with Gasteiger partial charge in [0.1, 0.15) is 35.8 Å². The molecule has 26 nitrogen and oxygen atoms in total. The van der Waals surface area contributed by atoms with Gasteiger partial charge in [0.05, 0.1) is 42.2 Å². The van der Waals surface area contributed by atoms with Crippen LogP contribution in [-0.2, 0) is 64.5 Å². The number of aliphatic carboxylic acids is 3. The molecule has 1 heterocycles. The first-order chi connectivity index (χ1) is 32.9. The van der Waals surface area contributed by atoms with Crippen LogP contribution >= 0.6 is 0 Å². The maximum absolute atomic E-state index is 11.8. The van der Waals surface area contributed by atoms with Crippen molar-refractivity contribution < 1.29 is 99.8 Å². The number of esters is 3. The number of carboxylic acids is 3. The summed E-state index contributed by atoms with van der Waals surface area (Å²) in [6.45, 7) is 16.9. The second-order valence-electron chi connectivity index (χ2n) is 18.3. The monoisotopic (exact) mass is 1060 g/mol. The molecule has 0 aliphatic rings. The third-order valence-corrected chi connectivity index (χ3v) is 9.38. The standard InChI is InChI=1S/C19H27NO6.C11H19N3O4.C11H21NO4.C3H3N5O2S.ClH.H2/c1-19(2,3)26-16(21)12-15(17(22)23)10-7-11-20-18(24)25-13-14-8-5-4-6-9-14;1-11(2,3)18-9(15)7-8(10(16)17)5-4-6-13-14-12;1-11(2,3)16-9(13)7-8(10(14)15)5-4-6-12;4-6-7-11(9,10)8-2-1-5-3-8;;/h4-6,8-9,15H,7,10-13H2,1-3H3,(H,20,24)(H,22,23);8H,4-7H2,1-3H3,(H,16,17);8H,4-7,12H2,1-3H3,(H,14,15);1-3H;2*1H/t15-;2*8-;;;/m111.../s1. The van der Waals surface area contributed by atoms with E-state index in [0.717, 1.165) is 15.9 Å². The summed E-state index contributed by atoms with van der Waals surface area (Å²) in [5, 5.41) is 34.8. The number of hydrogen-bond donors (Lipinski definition) is 5. The summed E-state index contributed by atoms with van der Waals surface area (Å²) in [5.74, 6) is -7.26. The number of ether oxygens (including phenoxy) is 4. The number of alkyl carbamates (subject to hydrolysis) is 1. The quantitative estimate of drug-likeness (QED) is 0.0190. The van der Waals surface area contributed by atoms with Crippen LogP contribution < -0.4 is 32.5 Å². The number of rotatable bonds is 24. The van der Waals surface area contributed by atoms with E-state index in [1.807, 2.05) is 30.3 Å². The minimum absolute atomic E-state index is 0. The predicted molar refractivity (Wildman–Crippen MR) is 253 cm³/mol. The first kappa shape index (κ1) is 69.6. The van der Waals surface area contributed by atoms with Crippen LogP contribution in [0, 0.1) is 17.8 Å². The SMILES string of the molecule is CC(C)(C)OC(=O)C[C@@H](CCCN=[N+]=[N-])C(=O)O.CC(C)(C)OC(=O)C[C@@H](CCCNC(=O)OCc1ccccc1)C(=O)O.CC(C)(C)OC(=O)C[C@@H](CCC[NH3+])C(=O)[O-].[Cl-].[HH].[N-]=[N+]=NS(=O)(=O)[n+]1cc[nH]c1. The Kier molecular flexibility index (Phi) is 35.1. The van der Waals surface area contributed by atoms with Crippen molar-refractivity contribution in [3.8, 4) is 0 Å². The first-order valence-corrected chi connectivity index (χ1v) is 23.7. The van der Waals surface area contributed by atoms with E-state index < -0.39 is 86.7 Å². The molecule has 0 fully saturated rings. The molecule has 0 bridgehead atoms. The van der Waals surface area contributed by atoms with Gasteiger partial charge in [0, 0.05) is 36.2 Å². The van der Waals surface area contributed by atoms with E-state index in [4.69, 9.17) is 35.1 Å². The van der Waals surface area contributed by atoms with E-state index in [0.29, 0.717) is 32.2 Å². The van der Waals surface area contributed by atoms with Gasteiger partial charge in [-0.05, 0) is 117 Å². The van der Waals surface area contributed by atoms with Crippen LogP contribution in [0.4, 0.5) is 4.79 Å². The van der Waals surface area contributed by atoms with Gasteiger partial charge in [-0.2, -0.15) is 8.42 Å². The molecule has 72 heavy (non-hydrogen) atoms. The van der Waals surface area contributed by atoms with Crippen LogP contribution in [0.15, 0.2) is 58.7 Å². The van der Waals surface area contributed by atoms with Crippen LogP contribution in [0.25, 0.3) is 20.9 Å². The second-order valence-corrected chi connectivity index (χ2v) is 19.8. The average Bonchev–Trinajstić information content (AvgIpc) is 3.80. The Labute approximate surface area is 427 Å². The van der Waals surface area contributed by atoms with Crippen LogP contribution in [0.3, 0.4) is 0 Å². The molecular weight excluding hydrogens is 992 g/mol. The highest BCUT2D eigenvalue weighted by molar-refractivity contribution is 7.83. The number of imidazole rings is 1. The van der Waals surface area contributed by atoms with Crippen LogP contribution in [0.2, 0.25) is 0 Å². The highest BCUT2D eigenvalue weighted by Gasteiger charge is 2.26. The molecule has 408 valence electrons. The summed E-state index contributed by atoms with van der Waals surface area (Å²) < 4.78 is 45.3. The van der Waals surface area contributed by atoms with Gasteiger partial charge in [-0.25, -0.2) is 9.78 Å². The Hall–Kier alpha value is -6.66. The number of hydrogen-bond acceptors (Lipinski definition) is 15. The van der Waals surface area contributed by atoms with Gasteiger partial charge in [-0.1, -0.05) is 35.4 Å². The van der Waals surface area contributed by atoms with Crippen molar-refractivity contribution in [2.45, 2.75) is 144 Å². The molecule has 0 aliphatic carbocycles. The lowest BCUT2D eigenvalue weighted by Crippen LogP contribution is -3.00. The van der Waals surface area contributed by atoms with Crippen LogP contribution in [0.5, 0.6) is 0 Å². The maximum Gasteiger partial charge on any atom is 0.407 e. The fourth-order valence-corrected chi connectivity index (χ4v) is 5.93. The molecule has 1 aromatic heterocycles. The largest absolute Gasteiger partial charge is 1.00 e. The number of amides is 1. The number of aromatic nitrogens is 2. The third-order valence-electron chi connectivity index (χ3n) is 8.34. The predicted octanol–water partition coefficient (Wildman–Crippen LogP) is 1.70. The Bertz CT molecular complexity index is 2180. The highest BCUT2D eigenvalue weighted by atomic mass is 35.5. The number of azide groups is 2. The summed E-state index contributed by atoms with van der Waals surface area (Å²) in [7, 11) is -3.87. The third kappa shape index (κ3) is 39.1. The molecule has 1 aromatic carbocycles. The van der Waals surface area contributed by atoms with Crippen molar-refractivity contribution in [1.29, 1.82) is 0 Å². The van der Waals surface area contributed by atoms with Crippen molar-refractivity contribution in [3.05, 3.63) is 75.5 Å². The zero-order valence-electron chi connectivity index (χ0n) is 42.3. The number of carbonyl (C=O) groups excluding carboxylic acids is 5. The Balaban J connectivity index is -0.000000449. The van der Waals surface area contributed by atoms with E-state index in [-0.39, 0.29) is 65.6 Å². The number of carbonyl (C=O) groups is 7. The maximum atomic E-state index is 11.8. The van der Waals surface area contributed by atoms with Gasteiger partial charge in [0.25, 0.3) is 6.33 Å². The molecule has 3 atom stereocenters. The summed E-state index contributed by atoms with van der Waals surface area (Å²) >= 11 is 0. The molecule has 28 heteroatoms. The van der Waals surface area contributed by atoms with E-state index in [1.165, 1.54) is 12.4 Å². The summed E-state index contributed by atoms with van der Waals surface area (Å²) in [5.41, 5.74) is 18.6. The summed E-state index contributed by atoms with van der Waals surface area (Å²) in [6.07, 6.45) is 5.21. The molecule has 2 rings (SSSR count). The second kappa shape index (κ2) is 36.3. The molecule has 1 amide bonds. The zero-order chi connectivity index (χ0) is 54.8. The van der Waals surface area contributed by atoms with Crippen LogP contribution in [-0.4, -0.2) is 102 Å². The number of halogens is 1. The van der Waals surface area contributed by atoms with Gasteiger partial charge in [-0.15, -0.1) is 3.97 Å². The Morgan fingerprint density at radius 3 is 1.62 bits per heavy atom. The number of quaternary nitrogens is 1. The smallest absolute Gasteiger partial charge is 0.407 e. The fraction of sp³-hybridized carbons (Fsp3) is 0.636. The van der Waals surface area contributed by atoms with E-state index >= 15 is 0 Å². The first-order valence-electron chi connectivity index (χ1n) is 22.3. The average molecular weight is 1070 g/mol. The number of nitrogens with one attached hydrogen (secondary N) is 2. The Morgan fingerprint density at radius 2 is 1.24 bits per heavy atom. The minimum Gasteiger partial charge on any atom is -1.00 e. The van der Waals surface area contributed by atoms with E-state index in [1.54, 1.807) is 62.3 Å².